The van der Waals surface area contributed by atoms with Crippen LogP contribution in [-0.2, 0) is 14.3 Å². The number of methoxy groups -OCH3 is 1. The van der Waals surface area contributed by atoms with Gasteiger partial charge < -0.3 is 19.3 Å². The molecule has 2 N–H and O–H groups in total. The Morgan fingerprint density at radius 2 is 2.24 bits per heavy atom. The van der Waals surface area contributed by atoms with Crippen molar-refractivity contribution >= 4 is 12.1 Å². The van der Waals surface area contributed by atoms with E-state index in [0.29, 0.717) is 24.5 Å². The molecule has 0 aromatic heterocycles. The summed E-state index contributed by atoms with van der Waals surface area (Å²) < 4.78 is 15.7. The average molecular weight is 294 g/mol. The lowest BCUT2D eigenvalue weighted by Gasteiger charge is -2.20. The molecular weight excluding hydrogens is 276 g/mol. The lowest BCUT2D eigenvalue weighted by Crippen LogP contribution is -2.33. The predicted octanol–water partition coefficient (Wildman–Crippen LogP) is 1.00. The highest BCUT2D eigenvalue weighted by atomic mass is 16.7. The highest BCUT2D eigenvalue weighted by Gasteiger charge is 2.33. The van der Waals surface area contributed by atoms with Gasteiger partial charge in [-0.15, -0.1) is 0 Å². The number of phenolic OH excluding ortho intramolecular Hbond substituents is 1. The minimum Gasteiger partial charge on any atom is -0.507 e. The van der Waals surface area contributed by atoms with Crippen LogP contribution in [-0.4, -0.2) is 43.3 Å². The normalized spacial score (nSPS) is 17.0. The van der Waals surface area contributed by atoms with Gasteiger partial charge in [0.25, 0.3) is 0 Å². The second kappa shape index (κ2) is 6.55. The van der Waals surface area contributed by atoms with Gasteiger partial charge in [-0.3, -0.25) is 4.79 Å². The Bertz CT molecular complexity index is 538. The van der Waals surface area contributed by atoms with Crippen LogP contribution in [0.15, 0.2) is 23.3 Å². The summed E-state index contributed by atoms with van der Waals surface area (Å²) in [5, 5.41) is 13.5. The molecule has 1 heterocycles. The molecular formula is C14H18N2O5. The molecule has 0 bridgehead atoms. The Labute approximate surface area is 122 Å². The van der Waals surface area contributed by atoms with Crippen molar-refractivity contribution in [3.8, 4) is 11.5 Å². The number of ether oxygens (including phenoxy) is 3. The van der Waals surface area contributed by atoms with E-state index in [2.05, 4.69) is 10.5 Å². The van der Waals surface area contributed by atoms with Crippen LogP contribution in [0.4, 0.5) is 0 Å². The summed E-state index contributed by atoms with van der Waals surface area (Å²) in [5.74, 6) is -0.598. The molecule has 1 amide bonds. The molecule has 7 heteroatoms. The number of carbonyl (C=O) groups excluding carboxylic acids is 1. The van der Waals surface area contributed by atoms with Crippen molar-refractivity contribution in [2.75, 3.05) is 20.3 Å². The number of nitrogens with zero attached hydrogens (tertiary/aromatic N) is 1. The number of benzene rings is 1. The van der Waals surface area contributed by atoms with Gasteiger partial charge in [-0.2, -0.15) is 5.10 Å². The largest absolute Gasteiger partial charge is 0.507 e. The third kappa shape index (κ3) is 4.17. The van der Waals surface area contributed by atoms with Gasteiger partial charge in [-0.05, 0) is 25.1 Å². The summed E-state index contributed by atoms with van der Waals surface area (Å²) in [6, 6.07) is 4.72. The van der Waals surface area contributed by atoms with Crippen molar-refractivity contribution in [3.63, 3.8) is 0 Å². The minimum atomic E-state index is -0.891. The van der Waals surface area contributed by atoms with Gasteiger partial charge in [0.15, 0.2) is 5.79 Å². The third-order valence-electron chi connectivity index (χ3n) is 3.01. The smallest absolute Gasteiger partial charge is 0.245 e. The first-order valence-corrected chi connectivity index (χ1v) is 6.49. The van der Waals surface area contributed by atoms with Gasteiger partial charge in [-0.25, -0.2) is 5.43 Å². The number of carbonyl (C=O) groups is 1. The monoisotopic (exact) mass is 294 g/mol. The maximum absolute atomic E-state index is 11.7. The Morgan fingerprint density at radius 1 is 1.52 bits per heavy atom. The molecule has 21 heavy (non-hydrogen) atoms. The topological polar surface area (TPSA) is 89.4 Å². The third-order valence-corrected chi connectivity index (χ3v) is 3.01. The van der Waals surface area contributed by atoms with Crippen molar-refractivity contribution in [1.82, 2.24) is 5.43 Å². The van der Waals surface area contributed by atoms with Gasteiger partial charge in [0.2, 0.25) is 5.91 Å². The van der Waals surface area contributed by atoms with Crippen LogP contribution < -0.4 is 10.2 Å². The second-order valence-corrected chi connectivity index (χ2v) is 4.73. The van der Waals surface area contributed by atoms with Gasteiger partial charge in [0, 0.05) is 5.56 Å². The lowest BCUT2D eigenvalue weighted by molar-refractivity contribution is -0.159. The van der Waals surface area contributed by atoms with Crippen LogP contribution in [0, 0.1) is 0 Å². The number of rotatable bonds is 5. The molecule has 0 saturated carbocycles. The first-order chi connectivity index (χ1) is 10.0. The zero-order valence-corrected chi connectivity index (χ0v) is 12.0. The zero-order chi connectivity index (χ0) is 15.3. The number of hydrogen-bond acceptors (Lipinski definition) is 6. The summed E-state index contributed by atoms with van der Waals surface area (Å²) in [6.07, 6.45) is 1.39. The predicted molar refractivity (Wildman–Crippen MR) is 75.3 cm³/mol. The first kappa shape index (κ1) is 15.3. The molecule has 0 unspecified atom stereocenters. The van der Waals surface area contributed by atoms with E-state index in [9.17, 15) is 9.90 Å². The molecule has 7 nitrogen and oxygen atoms in total. The fraction of sp³-hybridized carbons (Fsp3) is 0.429. The van der Waals surface area contributed by atoms with Crippen molar-refractivity contribution < 1.29 is 24.1 Å². The number of hydrazone groups is 1. The average Bonchev–Trinajstić information content (AvgIpc) is 2.87. The summed E-state index contributed by atoms with van der Waals surface area (Å²) in [6.45, 7) is 2.66. The standard InChI is InChI=1S/C14H18N2O5/c1-14(20-5-6-21-14)8-13(18)16-15-9-10-7-11(19-2)3-4-12(10)17/h3-4,7,9,17H,5-6,8H2,1-2H3,(H,16,18). The van der Waals surface area contributed by atoms with Crippen LogP contribution >= 0.6 is 0 Å². The summed E-state index contributed by atoms with van der Waals surface area (Å²) in [5.41, 5.74) is 2.81. The summed E-state index contributed by atoms with van der Waals surface area (Å²) in [7, 11) is 1.53. The highest BCUT2D eigenvalue weighted by molar-refractivity contribution is 5.85. The highest BCUT2D eigenvalue weighted by Crippen LogP contribution is 2.22. The Hall–Kier alpha value is -2.12. The quantitative estimate of drug-likeness (QED) is 0.625. The molecule has 1 aliphatic rings. The fourth-order valence-electron chi connectivity index (χ4n) is 1.93. The summed E-state index contributed by atoms with van der Waals surface area (Å²) >= 11 is 0. The van der Waals surface area contributed by atoms with Crippen molar-refractivity contribution in [2.24, 2.45) is 5.10 Å². The zero-order valence-electron chi connectivity index (χ0n) is 12.0. The van der Waals surface area contributed by atoms with Crippen LogP contribution in [0.3, 0.4) is 0 Å². The molecule has 1 aliphatic heterocycles. The van der Waals surface area contributed by atoms with Crippen molar-refractivity contribution in [1.29, 1.82) is 0 Å². The minimum absolute atomic E-state index is 0.0446. The number of phenols is 1. The molecule has 1 aromatic carbocycles. The Balaban J connectivity index is 1.91. The van der Waals surface area contributed by atoms with Crippen LogP contribution in [0.25, 0.3) is 0 Å². The number of amides is 1. The van der Waals surface area contributed by atoms with E-state index in [0.717, 1.165) is 0 Å². The van der Waals surface area contributed by atoms with Crippen molar-refractivity contribution in [2.45, 2.75) is 19.1 Å². The molecule has 114 valence electrons. The molecule has 1 saturated heterocycles. The van der Waals surface area contributed by atoms with Gasteiger partial charge in [0.05, 0.1) is 33.0 Å². The fourth-order valence-corrected chi connectivity index (χ4v) is 1.93. The summed E-state index contributed by atoms with van der Waals surface area (Å²) in [4.78, 5) is 11.7. The van der Waals surface area contributed by atoms with Gasteiger partial charge in [-0.1, -0.05) is 0 Å². The molecule has 2 rings (SSSR count). The van der Waals surface area contributed by atoms with Gasteiger partial charge in [0.1, 0.15) is 11.5 Å². The number of hydrogen-bond donors (Lipinski definition) is 2. The second-order valence-electron chi connectivity index (χ2n) is 4.73. The van der Waals surface area contributed by atoms with E-state index in [1.165, 1.54) is 19.4 Å². The molecule has 0 aliphatic carbocycles. The molecule has 1 fully saturated rings. The molecule has 1 aromatic rings. The van der Waals surface area contributed by atoms with Crippen molar-refractivity contribution in [3.05, 3.63) is 23.8 Å². The Kier molecular flexibility index (Phi) is 4.77. The maximum Gasteiger partial charge on any atom is 0.245 e. The first-order valence-electron chi connectivity index (χ1n) is 6.49. The molecule has 0 spiro atoms. The van der Waals surface area contributed by atoms with Crippen LogP contribution in [0.2, 0.25) is 0 Å². The lowest BCUT2D eigenvalue weighted by atomic mass is 10.2. The van der Waals surface area contributed by atoms with Crippen LogP contribution in [0.1, 0.15) is 18.9 Å². The van der Waals surface area contributed by atoms with E-state index < -0.39 is 5.79 Å². The van der Waals surface area contributed by atoms with E-state index in [-0.39, 0.29) is 18.1 Å². The molecule has 0 radical (unpaired) electrons. The van der Waals surface area contributed by atoms with E-state index in [1.807, 2.05) is 0 Å². The van der Waals surface area contributed by atoms with Gasteiger partial charge >= 0.3 is 0 Å². The number of aromatic hydroxyl groups is 1. The van der Waals surface area contributed by atoms with Crippen LogP contribution in [0.5, 0.6) is 11.5 Å². The van der Waals surface area contributed by atoms with E-state index in [1.54, 1.807) is 19.1 Å². The molecule has 0 atom stereocenters. The SMILES string of the molecule is COc1ccc(O)c(C=NNC(=O)CC2(C)OCCO2)c1. The Morgan fingerprint density at radius 3 is 2.90 bits per heavy atom. The maximum atomic E-state index is 11.7. The number of nitrogens with one attached hydrogen (secondary N) is 1. The van der Waals surface area contributed by atoms with E-state index >= 15 is 0 Å². The van der Waals surface area contributed by atoms with E-state index in [4.69, 9.17) is 14.2 Å².